The third-order valence-electron chi connectivity index (χ3n) is 5.64. The van der Waals surface area contributed by atoms with Gasteiger partial charge in [0, 0.05) is 18.0 Å². The van der Waals surface area contributed by atoms with Crippen molar-refractivity contribution in [1.29, 1.82) is 0 Å². The van der Waals surface area contributed by atoms with Gasteiger partial charge in [0.2, 0.25) is 0 Å². The number of ether oxygens (including phenoxy) is 1. The Morgan fingerprint density at radius 3 is 2.61 bits per heavy atom. The van der Waals surface area contributed by atoms with Crippen LogP contribution in [0.3, 0.4) is 0 Å². The van der Waals surface area contributed by atoms with Crippen LogP contribution in [0.5, 0.6) is 0 Å². The molecule has 3 heterocycles. The fraction of sp³-hybridized carbons (Fsp3) is 0.409. The lowest BCUT2D eigenvalue weighted by Crippen LogP contribution is -2.37. The lowest BCUT2D eigenvalue weighted by molar-refractivity contribution is -0.154. The number of nitrogens with zero attached hydrogens (tertiary/aromatic N) is 3. The van der Waals surface area contributed by atoms with Gasteiger partial charge in [-0.15, -0.1) is 11.3 Å². The topological polar surface area (TPSA) is 55.3 Å². The minimum atomic E-state index is -0.218. The minimum Gasteiger partial charge on any atom is -0.458 e. The zero-order valence-electron chi connectivity index (χ0n) is 16.5. The summed E-state index contributed by atoms with van der Waals surface area (Å²) in [4.78, 5) is 26.2. The molecule has 5 nitrogen and oxygen atoms in total. The maximum atomic E-state index is 12.6. The van der Waals surface area contributed by atoms with E-state index in [1.54, 1.807) is 17.7 Å². The van der Waals surface area contributed by atoms with Gasteiger partial charge in [0.1, 0.15) is 23.1 Å². The van der Waals surface area contributed by atoms with Crippen molar-refractivity contribution >= 4 is 33.3 Å². The summed E-state index contributed by atoms with van der Waals surface area (Å²) in [5.41, 5.74) is 2.29. The van der Waals surface area contributed by atoms with E-state index in [-0.39, 0.29) is 18.0 Å². The van der Waals surface area contributed by atoms with E-state index in [9.17, 15) is 4.79 Å². The van der Waals surface area contributed by atoms with Gasteiger partial charge in [-0.3, -0.25) is 4.79 Å². The molecule has 1 unspecified atom stereocenters. The molecule has 1 saturated heterocycles. The number of anilines is 1. The van der Waals surface area contributed by atoms with E-state index < -0.39 is 0 Å². The zero-order chi connectivity index (χ0) is 19.7. The van der Waals surface area contributed by atoms with Gasteiger partial charge in [0.25, 0.3) is 0 Å². The fourth-order valence-corrected chi connectivity index (χ4v) is 4.78. The Morgan fingerprint density at radius 1 is 1.18 bits per heavy atom. The van der Waals surface area contributed by atoms with Crippen LogP contribution in [0.15, 0.2) is 36.7 Å². The number of fused-ring (bicyclic) bond motifs is 1. The standard InChI is InChI=1S/C22H25N3O2S/c1-14-16(3)28-21-19(14)20(23-13-24-21)25-11-9-18(10-12-25)22(26)27-15(2)17-7-5-4-6-8-17/h4-8,13,15,18H,9-12H2,1-3H3. The Hall–Kier alpha value is -2.47. The van der Waals surface area contributed by atoms with Crippen molar-refractivity contribution in [2.45, 2.75) is 39.7 Å². The Balaban J connectivity index is 1.42. The number of piperidine rings is 1. The molecule has 1 aliphatic rings. The van der Waals surface area contributed by atoms with Crippen molar-refractivity contribution in [1.82, 2.24) is 9.97 Å². The first-order chi connectivity index (χ1) is 13.5. The van der Waals surface area contributed by atoms with Crippen LogP contribution in [0.25, 0.3) is 10.2 Å². The number of benzene rings is 1. The van der Waals surface area contributed by atoms with E-state index in [4.69, 9.17) is 4.74 Å². The molecular weight excluding hydrogens is 370 g/mol. The molecule has 0 saturated carbocycles. The van der Waals surface area contributed by atoms with Crippen LogP contribution in [0.2, 0.25) is 0 Å². The molecule has 6 heteroatoms. The minimum absolute atomic E-state index is 0.0509. The highest BCUT2D eigenvalue weighted by molar-refractivity contribution is 7.18. The Kier molecular flexibility index (Phi) is 5.31. The Morgan fingerprint density at radius 2 is 1.89 bits per heavy atom. The summed E-state index contributed by atoms with van der Waals surface area (Å²) in [5.74, 6) is 0.854. The predicted molar refractivity (Wildman–Crippen MR) is 113 cm³/mol. The van der Waals surface area contributed by atoms with Gasteiger partial charge in [-0.1, -0.05) is 30.3 Å². The molecule has 0 amide bonds. The second kappa shape index (κ2) is 7.87. The molecule has 0 spiro atoms. The number of aromatic nitrogens is 2. The van der Waals surface area contributed by atoms with E-state index in [0.29, 0.717) is 0 Å². The number of hydrogen-bond donors (Lipinski definition) is 0. The van der Waals surface area contributed by atoms with Crippen LogP contribution >= 0.6 is 11.3 Å². The lowest BCUT2D eigenvalue weighted by atomic mass is 9.96. The molecule has 146 valence electrons. The number of hydrogen-bond acceptors (Lipinski definition) is 6. The molecule has 0 radical (unpaired) electrons. The molecule has 1 aliphatic heterocycles. The van der Waals surface area contributed by atoms with E-state index in [0.717, 1.165) is 47.5 Å². The first-order valence-electron chi connectivity index (χ1n) is 9.75. The van der Waals surface area contributed by atoms with Crippen LogP contribution in [-0.2, 0) is 9.53 Å². The maximum absolute atomic E-state index is 12.6. The van der Waals surface area contributed by atoms with Crippen LogP contribution in [0, 0.1) is 19.8 Å². The number of rotatable bonds is 4. The van der Waals surface area contributed by atoms with E-state index in [1.807, 2.05) is 37.3 Å². The van der Waals surface area contributed by atoms with Gasteiger partial charge < -0.3 is 9.64 Å². The largest absolute Gasteiger partial charge is 0.458 e. The zero-order valence-corrected chi connectivity index (χ0v) is 17.3. The molecule has 0 bridgehead atoms. The van der Waals surface area contributed by atoms with Gasteiger partial charge in [-0.25, -0.2) is 9.97 Å². The average molecular weight is 396 g/mol. The van der Waals surface area contributed by atoms with E-state index in [2.05, 4.69) is 28.7 Å². The number of aryl methyl sites for hydroxylation is 2. The van der Waals surface area contributed by atoms with Crippen molar-refractivity contribution in [3.63, 3.8) is 0 Å². The molecule has 0 aliphatic carbocycles. The molecule has 0 N–H and O–H groups in total. The summed E-state index contributed by atoms with van der Waals surface area (Å²) >= 11 is 1.72. The third kappa shape index (κ3) is 3.61. The van der Waals surface area contributed by atoms with Gasteiger partial charge in [-0.2, -0.15) is 0 Å². The van der Waals surface area contributed by atoms with Crippen LogP contribution < -0.4 is 4.90 Å². The van der Waals surface area contributed by atoms with Gasteiger partial charge >= 0.3 is 5.97 Å². The second-order valence-corrected chi connectivity index (χ2v) is 8.61. The summed E-state index contributed by atoms with van der Waals surface area (Å²) in [7, 11) is 0. The average Bonchev–Trinajstić information content (AvgIpc) is 3.02. The third-order valence-corrected chi connectivity index (χ3v) is 6.75. The van der Waals surface area contributed by atoms with E-state index >= 15 is 0 Å². The molecule has 1 atom stereocenters. The maximum Gasteiger partial charge on any atom is 0.309 e. The SMILES string of the molecule is Cc1sc2ncnc(N3CCC(C(=O)OC(C)c4ccccc4)CC3)c2c1C. The number of carbonyl (C=O) groups is 1. The van der Waals surface area contributed by atoms with Crippen LogP contribution in [-0.4, -0.2) is 29.0 Å². The normalized spacial score (nSPS) is 16.3. The molecule has 4 rings (SSSR count). The smallest absolute Gasteiger partial charge is 0.309 e. The monoisotopic (exact) mass is 395 g/mol. The highest BCUT2D eigenvalue weighted by atomic mass is 32.1. The fourth-order valence-electron chi connectivity index (χ4n) is 3.79. The molecule has 2 aromatic heterocycles. The second-order valence-electron chi connectivity index (χ2n) is 7.41. The Labute approximate surface area is 169 Å². The first-order valence-corrected chi connectivity index (χ1v) is 10.6. The van der Waals surface area contributed by atoms with E-state index in [1.165, 1.54) is 10.4 Å². The molecule has 28 heavy (non-hydrogen) atoms. The van der Waals surface area contributed by atoms with Crippen LogP contribution in [0.4, 0.5) is 5.82 Å². The summed E-state index contributed by atoms with van der Waals surface area (Å²) in [6.45, 7) is 7.80. The van der Waals surface area contributed by atoms with Crippen molar-refractivity contribution in [3.05, 3.63) is 52.7 Å². The molecular formula is C22H25N3O2S. The van der Waals surface area contributed by atoms with Gasteiger partial charge in [0.15, 0.2) is 0 Å². The van der Waals surface area contributed by atoms with Crippen molar-refractivity contribution < 1.29 is 9.53 Å². The summed E-state index contributed by atoms with van der Waals surface area (Å²) in [6.07, 6.45) is 3.00. The highest BCUT2D eigenvalue weighted by Crippen LogP contribution is 2.35. The van der Waals surface area contributed by atoms with Gasteiger partial charge in [0.05, 0.1) is 11.3 Å². The summed E-state index contributed by atoms with van der Waals surface area (Å²) in [6, 6.07) is 9.89. The molecule has 1 fully saturated rings. The summed E-state index contributed by atoms with van der Waals surface area (Å²) < 4.78 is 5.73. The number of thiophene rings is 1. The molecule has 3 aromatic rings. The molecule has 1 aromatic carbocycles. The van der Waals surface area contributed by atoms with Crippen molar-refractivity contribution in [3.8, 4) is 0 Å². The number of esters is 1. The quantitative estimate of drug-likeness (QED) is 0.592. The number of carbonyl (C=O) groups excluding carboxylic acids is 1. The van der Waals surface area contributed by atoms with Gasteiger partial charge in [-0.05, 0) is 44.7 Å². The van der Waals surface area contributed by atoms with Crippen LogP contribution in [0.1, 0.15) is 41.9 Å². The Bertz CT molecular complexity index is 978. The summed E-state index contributed by atoms with van der Waals surface area (Å²) in [5, 5.41) is 1.16. The first kappa shape index (κ1) is 18.9. The van der Waals surface area contributed by atoms with Crippen molar-refractivity contribution in [2.75, 3.05) is 18.0 Å². The highest BCUT2D eigenvalue weighted by Gasteiger charge is 2.29. The van der Waals surface area contributed by atoms with Crippen molar-refractivity contribution in [2.24, 2.45) is 5.92 Å². The lowest BCUT2D eigenvalue weighted by Gasteiger charge is -2.32. The predicted octanol–water partition coefficient (Wildman–Crippen LogP) is 4.83.